The maximum Gasteiger partial charge on any atom is 0.159 e. The van der Waals surface area contributed by atoms with Crippen LogP contribution in [0.15, 0.2) is 125 Å². The molecule has 176 valence electrons. The van der Waals surface area contributed by atoms with E-state index in [9.17, 15) is 0 Å². The zero-order valence-electron chi connectivity index (χ0n) is 19.7. The highest BCUT2D eigenvalue weighted by Gasteiger charge is 2.21. The minimum Gasteiger partial charge on any atom is -0.344 e. The third kappa shape index (κ3) is 4.07. The summed E-state index contributed by atoms with van der Waals surface area (Å²) in [5, 5.41) is 6.74. The summed E-state index contributed by atoms with van der Waals surface area (Å²) in [6, 6.07) is 37.0. The van der Waals surface area contributed by atoms with Crippen molar-refractivity contribution >= 4 is 44.0 Å². The molecule has 6 aromatic rings. The van der Waals surface area contributed by atoms with Gasteiger partial charge in [0.2, 0.25) is 0 Å². The number of aromatic nitrogens is 2. The molecule has 3 heterocycles. The quantitative estimate of drug-likeness (QED) is 0.286. The molecule has 0 saturated heterocycles. The Labute approximate surface area is 217 Å². The van der Waals surface area contributed by atoms with Gasteiger partial charge in [0.1, 0.15) is 17.0 Å². The fourth-order valence-corrected chi connectivity index (χ4v) is 5.64. The van der Waals surface area contributed by atoms with Crippen LogP contribution in [-0.2, 0) is 0 Å². The summed E-state index contributed by atoms with van der Waals surface area (Å²) < 4.78 is 1.14. The summed E-state index contributed by atoms with van der Waals surface area (Å²) >= 11 is 1.67. The SMILES string of the molecule is c1ccc(C2=NC(c3ccc4ccc5nc(-c6ccccn6)sc5c4c3)=NC(c3ccccc3)N2)cc1. The van der Waals surface area contributed by atoms with Gasteiger partial charge in [-0.05, 0) is 35.2 Å². The minimum atomic E-state index is -0.227. The first-order valence-electron chi connectivity index (χ1n) is 12.1. The molecule has 1 unspecified atom stereocenters. The molecule has 0 fully saturated rings. The Hall–Kier alpha value is -4.68. The van der Waals surface area contributed by atoms with Crippen molar-refractivity contribution in [2.45, 2.75) is 6.17 Å². The van der Waals surface area contributed by atoms with E-state index < -0.39 is 0 Å². The molecular weight excluding hydrogens is 474 g/mol. The standard InChI is InChI=1S/C31H21N5S/c1-3-9-21(10-4-1)28-34-29(22-11-5-2-6-12-22)36-30(35-28)23-15-14-20-16-17-25-27(24(20)19-23)37-31(33-25)26-13-7-8-18-32-26/h1-19,28H,(H,34,35,36). The van der Waals surface area contributed by atoms with Gasteiger partial charge >= 0.3 is 0 Å². The van der Waals surface area contributed by atoms with Crippen LogP contribution in [0.2, 0.25) is 0 Å². The molecule has 6 heteroatoms. The largest absolute Gasteiger partial charge is 0.344 e. The molecule has 2 aromatic heterocycles. The Balaban J connectivity index is 1.37. The Kier molecular flexibility index (Phi) is 5.30. The highest BCUT2D eigenvalue weighted by molar-refractivity contribution is 7.22. The lowest BCUT2D eigenvalue weighted by Crippen LogP contribution is -2.33. The van der Waals surface area contributed by atoms with Crippen LogP contribution in [-0.4, -0.2) is 21.6 Å². The van der Waals surface area contributed by atoms with Crippen molar-refractivity contribution in [1.82, 2.24) is 15.3 Å². The van der Waals surface area contributed by atoms with Gasteiger partial charge < -0.3 is 5.32 Å². The number of thiazole rings is 1. The number of amidine groups is 2. The molecule has 1 aliphatic rings. The second kappa shape index (κ2) is 9.08. The Morgan fingerprint density at radius 1 is 0.730 bits per heavy atom. The molecule has 0 radical (unpaired) electrons. The van der Waals surface area contributed by atoms with E-state index in [1.165, 1.54) is 0 Å². The second-order valence-electron chi connectivity index (χ2n) is 8.82. The fourth-order valence-electron chi connectivity index (χ4n) is 4.57. The summed E-state index contributed by atoms with van der Waals surface area (Å²) in [5.74, 6) is 1.52. The van der Waals surface area contributed by atoms with Gasteiger partial charge in [0.05, 0.1) is 15.9 Å². The summed E-state index contributed by atoms with van der Waals surface area (Å²) in [4.78, 5) is 19.4. The molecule has 7 rings (SSSR count). The average molecular weight is 496 g/mol. The average Bonchev–Trinajstić information content (AvgIpc) is 3.43. The van der Waals surface area contributed by atoms with E-state index in [0.717, 1.165) is 54.2 Å². The van der Waals surface area contributed by atoms with Crippen molar-refractivity contribution in [1.29, 1.82) is 0 Å². The monoisotopic (exact) mass is 495 g/mol. The van der Waals surface area contributed by atoms with Gasteiger partial charge in [0.25, 0.3) is 0 Å². The molecule has 0 bridgehead atoms. The molecule has 0 saturated carbocycles. The first-order valence-corrected chi connectivity index (χ1v) is 12.9. The third-order valence-corrected chi connectivity index (χ3v) is 7.55. The van der Waals surface area contributed by atoms with Gasteiger partial charge in [-0.2, -0.15) is 0 Å². The Bertz CT molecular complexity index is 1790. The van der Waals surface area contributed by atoms with Gasteiger partial charge in [-0.3, -0.25) is 4.98 Å². The van der Waals surface area contributed by atoms with E-state index in [1.54, 1.807) is 17.5 Å². The van der Waals surface area contributed by atoms with Crippen LogP contribution in [0.5, 0.6) is 0 Å². The van der Waals surface area contributed by atoms with E-state index in [-0.39, 0.29) is 6.17 Å². The molecule has 0 spiro atoms. The van der Waals surface area contributed by atoms with Crippen LogP contribution >= 0.6 is 11.3 Å². The highest BCUT2D eigenvalue weighted by atomic mass is 32.1. The van der Waals surface area contributed by atoms with Gasteiger partial charge in [-0.25, -0.2) is 15.0 Å². The molecule has 0 amide bonds. The van der Waals surface area contributed by atoms with E-state index >= 15 is 0 Å². The number of pyridine rings is 1. The zero-order valence-corrected chi connectivity index (χ0v) is 20.6. The highest BCUT2D eigenvalue weighted by Crippen LogP contribution is 2.35. The molecule has 37 heavy (non-hydrogen) atoms. The zero-order chi connectivity index (χ0) is 24.6. The van der Waals surface area contributed by atoms with Crippen molar-refractivity contribution in [2.24, 2.45) is 9.98 Å². The maximum absolute atomic E-state index is 5.03. The Morgan fingerprint density at radius 2 is 1.51 bits per heavy atom. The van der Waals surface area contributed by atoms with E-state index in [1.807, 2.05) is 54.6 Å². The lowest BCUT2D eigenvalue weighted by atomic mass is 10.0. The summed E-state index contributed by atoms with van der Waals surface area (Å²) in [6.07, 6.45) is 1.58. The number of fused-ring (bicyclic) bond motifs is 3. The predicted molar refractivity (Wildman–Crippen MR) is 152 cm³/mol. The molecule has 1 N–H and O–H groups in total. The van der Waals surface area contributed by atoms with E-state index in [2.05, 4.69) is 64.9 Å². The Morgan fingerprint density at radius 3 is 2.32 bits per heavy atom. The smallest absolute Gasteiger partial charge is 0.159 e. The van der Waals surface area contributed by atoms with Crippen molar-refractivity contribution in [3.8, 4) is 10.7 Å². The van der Waals surface area contributed by atoms with Crippen molar-refractivity contribution < 1.29 is 0 Å². The summed E-state index contributed by atoms with van der Waals surface area (Å²) in [6.45, 7) is 0. The van der Waals surface area contributed by atoms with E-state index in [4.69, 9.17) is 15.0 Å². The van der Waals surface area contributed by atoms with E-state index in [0.29, 0.717) is 5.84 Å². The summed E-state index contributed by atoms with van der Waals surface area (Å²) in [5.41, 5.74) is 4.95. The van der Waals surface area contributed by atoms with Gasteiger partial charge in [0, 0.05) is 22.7 Å². The normalized spacial score (nSPS) is 15.3. The van der Waals surface area contributed by atoms with Crippen LogP contribution < -0.4 is 5.32 Å². The van der Waals surface area contributed by atoms with Gasteiger partial charge in [-0.1, -0.05) is 84.9 Å². The molecule has 4 aromatic carbocycles. The lowest BCUT2D eigenvalue weighted by Gasteiger charge is -2.23. The number of nitrogens with zero attached hydrogens (tertiary/aromatic N) is 4. The third-order valence-electron chi connectivity index (χ3n) is 6.42. The molecule has 1 atom stereocenters. The molecule has 0 aliphatic carbocycles. The molecule has 1 aliphatic heterocycles. The fraction of sp³-hybridized carbons (Fsp3) is 0.0323. The van der Waals surface area contributed by atoms with Crippen molar-refractivity contribution in [2.75, 3.05) is 0 Å². The van der Waals surface area contributed by atoms with Crippen LogP contribution in [0.4, 0.5) is 0 Å². The van der Waals surface area contributed by atoms with Crippen LogP contribution in [0.25, 0.3) is 31.7 Å². The van der Waals surface area contributed by atoms with Gasteiger partial charge in [0.15, 0.2) is 5.84 Å². The summed E-state index contributed by atoms with van der Waals surface area (Å²) in [7, 11) is 0. The molecule has 5 nitrogen and oxygen atoms in total. The van der Waals surface area contributed by atoms with Crippen LogP contribution in [0.3, 0.4) is 0 Å². The second-order valence-corrected chi connectivity index (χ2v) is 9.82. The lowest BCUT2D eigenvalue weighted by molar-refractivity contribution is 0.674. The number of benzene rings is 4. The number of aliphatic imine (C=N–C) groups is 2. The first-order chi connectivity index (χ1) is 18.3. The predicted octanol–water partition coefficient (Wildman–Crippen LogP) is 7.01. The number of rotatable bonds is 4. The number of hydrogen-bond donors (Lipinski definition) is 1. The maximum atomic E-state index is 5.03. The molecular formula is C31H21N5S. The topological polar surface area (TPSA) is 62.5 Å². The van der Waals surface area contributed by atoms with Crippen molar-refractivity contribution in [3.63, 3.8) is 0 Å². The number of nitrogens with one attached hydrogen (secondary N) is 1. The van der Waals surface area contributed by atoms with Crippen LogP contribution in [0.1, 0.15) is 22.9 Å². The first kappa shape index (κ1) is 21.6. The van der Waals surface area contributed by atoms with Crippen molar-refractivity contribution in [3.05, 3.63) is 132 Å². The minimum absolute atomic E-state index is 0.227. The van der Waals surface area contributed by atoms with Crippen LogP contribution in [0, 0.1) is 0 Å². The number of hydrogen-bond acceptors (Lipinski definition) is 6. The van der Waals surface area contributed by atoms with Gasteiger partial charge in [-0.15, -0.1) is 11.3 Å².